The molecule has 2 heterocycles. The Morgan fingerprint density at radius 3 is 2.81 bits per heavy atom. The Morgan fingerprint density at radius 1 is 1.43 bits per heavy atom. The van der Waals surface area contributed by atoms with Crippen molar-refractivity contribution in [2.45, 2.75) is 45.9 Å². The number of rotatable bonds is 5. The molecule has 118 valence electrons. The van der Waals surface area contributed by atoms with Crippen molar-refractivity contribution < 1.29 is 0 Å². The minimum Gasteiger partial charge on any atom is -0.354 e. The van der Waals surface area contributed by atoms with Gasteiger partial charge in [-0.15, -0.1) is 0 Å². The van der Waals surface area contributed by atoms with Crippen LogP contribution in [0.1, 0.15) is 38.8 Å². The topological polar surface area (TPSA) is 28.2 Å². The van der Waals surface area contributed by atoms with Crippen molar-refractivity contribution in [2.24, 2.45) is 5.92 Å². The Bertz CT molecular complexity index is 471. The lowest BCUT2D eigenvalue weighted by Crippen LogP contribution is -2.43. The molecule has 2 rings (SSSR count). The van der Waals surface area contributed by atoms with Gasteiger partial charge in [0.2, 0.25) is 0 Å². The van der Waals surface area contributed by atoms with E-state index in [4.69, 9.17) is 4.98 Å². The molecule has 0 spiro atoms. The first-order chi connectivity index (χ1) is 9.87. The van der Waals surface area contributed by atoms with E-state index in [0.717, 1.165) is 32.0 Å². The molecule has 21 heavy (non-hydrogen) atoms. The highest BCUT2D eigenvalue weighted by Gasteiger charge is 2.28. The lowest BCUT2D eigenvalue weighted by atomic mass is 10.1. The number of nitrogens with one attached hydrogen (secondary N) is 1. The van der Waals surface area contributed by atoms with Crippen LogP contribution in [0, 0.1) is 12.8 Å². The zero-order valence-electron chi connectivity index (χ0n) is 14.1. The number of pyridine rings is 1. The van der Waals surface area contributed by atoms with E-state index >= 15 is 0 Å². The number of aromatic nitrogens is 1. The summed E-state index contributed by atoms with van der Waals surface area (Å²) in [4.78, 5) is 7.18. The van der Waals surface area contributed by atoms with Crippen molar-refractivity contribution in [1.29, 1.82) is 0 Å². The Hall–Kier alpha value is -0.740. The smallest absolute Gasteiger partial charge is 0.131 e. The molecule has 0 unspecified atom stereocenters. The van der Waals surface area contributed by atoms with E-state index in [1.54, 1.807) is 0 Å². The zero-order chi connectivity index (χ0) is 15.5. The van der Waals surface area contributed by atoms with E-state index in [-0.39, 0.29) is 0 Å². The standard InChI is InChI=1S/C17H29N3S/c1-13(2)9-18-10-15-8-14(3)16(19-11-15)20-6-7-21-17(4,5)12-20/h8,11,13,18H,6-7,9-10,12H2,1-5H3. The summed E-state index contributed by atoms with van der Waals surface area (Å²) in [6.45, 7) is 15.4. The van der Waals surface area contributed by atoms with Crippen LogP contribution in [0.2, 0.25) is 0 Å². The summed E-state index contributed by atoms with van der Waals surface area (Å²) in [6.07, 6.45) is 2.03. The lowest BCUT2D eigenvalue weighted by molar-refractivity contribution is 0.551. The average Bonchev–Trinajstić information content (AvgIpc) is 2.37. The average molecular weight is 308 g/mol. The molecule has 0 atom stereocenters. The summed E-state index contributed by atoms with van der Waals surface area (Å²) in [6, 6.07) is 2.28. The van der Waals surface area contributed by atoms with Crippen LogP contribution in [0.4, 0.5) is 5.82 Å². The predicted molar refractivity (Wildman–Crippen MR) is 94.3 cm³/mol. The quantitative estimate of drug-likeness (QED) is 0.901. The van der Waals surface area contributed by atoms with Crippen LogP contribution in [-0.2, 0) is 6.54 Å². The molecule has 1 aromatic heterocycles. The molecule has 0 bridgehead atoms. The monoisotopic (exact) mass is 307 g/mol. The van der Waals surface area contributed by atoms with Gasteiger partial charge in [0.25, 0.3) is 0 Å². The van der Waals surface area contributed by atoms with E-state index < -0.39 is 0 Å². The third-order valence-electron chi connectivity index (χ3n) is 3.71. The molecule has 4 heteroatoms. The molecular formula is C17H29N3S. The number of hydrogen-bond donors (Lipinski definition) is 1. The maximum Gasteiger partial charge on any atom is 0.131 e. The van der Waals surface area contributed by atoms with Gasteiger partial charge in [0.1, 0.15) is 5.82 Å². The number of nitrogens with zero attached hydrogens (tertiary/aromatic N) is 2. The number of thioether (sulfide) groups is 1. The van der Waals surface area contributed by atoms with Gasteiger partial charge in [-0.05, 0) is 50.4 Å². The van der Waals surface area contributed by atoms with Crippen LogP contribution in [0.5, 0.6) is 0 Å². The van der Waals surface area contributed by atoms with Crippen LogP contribution in [0.3, 0.4) is 0 Å². The number of hydrogen-bond acceptors (Lipinski definition) is 4. The van der Waals surface area contributed by atoms with Gasteiger partial charge >= 0.3 is 0 Å². The number of anilines is 1. The third-order valence-corrected chi connectivity index (χ3v) is 5.01. The van der Waals surface area contributed by atoms with Gasteiger partial charge in [0.15, 0.2) is 0 Å². The van der Waals surface area contributed by atoms with Gasteiger partial charge in [-0.3, -0.25) is 0 Å². The molecule has 0 aromatic carbocycles. The van der Waals surface area contributed by atoms with Crippen LogP contribution in [0.15, 0.2) is 12.3 Å². The second-order valence-electron chi connectivity index (χ2n) is 7.04. The zero-order valence-corrected chi connectivity index (χ0v) is 14.9. The van der Waals surface area contributed by atoms with Crippen LogP contribution in [0.25, 0.3) is 0 Å². The maximum atomic E-state index is 4.74. The molecule has 1 aliphatic rings. The molecule has 0 amide bonds. The van der Waals surface area contributed by atoms with Crippen molar-refractivity contribution >= 4 is 17.6 Å². The fourth-order valence-corrected chi connectivity index (χ4v) is 3.87. The highest BCUT2D eigenvalue weighted by Crippen LogP contribution is 2.32. The lowest BCUT2D eigenvalue weighted by Gasteiger charge is -2.38. The Kier molecular flexibility index (Phi) is 5.55. The molecule has 1 aromatic rings. The van der Waals surface area contributed by atoms with Gasteiger partial charge in [-0.25, -0.2) is 4.98 Å². The maximum absolute atomic E-state index is 4.74. The Labute approximate surface area is 133 Å². The second kappa shape index (κ2) is 7.01. The largest absolute Gasteiger partial charge is 0.354 e. The minimum absolute atomic E-state index is 0.323. The molecule has 1 N–H and O–H groups in total. The first-order valence-corrected chi connectivity index (χ1v) is 8.91. The van der Waals surface area contributed by atoms with Crippen molar-refractivity contribution in [3.8, 4) is 0 Å². The molecule has 3 nitrogen and oxygen atoms in total. The van der Waals surface area contributed by atoms with E-state index in [9.17, 15) is 0 Å². The van der Waals surface area contributed by atoms with Gasteiger partial charge in [-0.1, -0.05) is 13.8 Å². The van der Waals surface area contributed by atoms with Crippen molar-refractivity contribution in [3.63, 3.8) is 0 Å². The Morgan fingerprint density at radius 2 is 2.19 bits per heavy atom. The Balaban J connectivity index is 2.02. The fraction of sp³-hybridized carbons (Fsp3) is 0.706. The highest BCUT2D eigenvalue weighted by atomic mass is 32.2. The predicted octanol–water partition coefficient (Wildman–Crippen LogP) is 3.47. The molecule has 1 aliphatic heterocycles. The highest BCUT2D eigenvalue weighted by molar-refractivity contribution is 8.00. The molecule has 0 saturated carbocycles. The van der Waals surface area contributed by atoms with Crippen molar-refractivity contribution in [3.05, 3.63) is 23.4 Å². The normalized spacial score (nSPS) is 18.3. The summed E-state index contributed by atoms with van der Waals surface area (Å²) >= 11 is 2.06. The first kappa shape index (κ1) is 16.6. The van der Waals surface area contributed by atoms with E-state index in [1.165, 1.54) is 16.9 Å². The van der Waals surface area contributed by atoms with Crippen LogP contribution in [-0.4, -0.2) is 35.1 Å². The fourth-order valence-electron chi connectivity index (χ4n) is 2.76. The van der Waals surface area contributed by atoms with E-state index in [0.29, 0.717) is 10.7 Å². The van der Waals surface area contributed by atoms with E-state index in [2.05, 4.69) is 62.7 Å². The van der Waals surface area contributed by atoms with Crippen molar-refractivity contribution in [1.82, 2.24) is 10.3 Å². The molecule has 1 saturated heterocycles. The van der Waals surface area contributed by atoms with Gasteiger partial charge in [0, 0.05) is 36.3 Å². The second-order valence-corrected chi connectivity index (χ2v) is 8.84. The summed E-state index contributed by atoms with van der Waals surface area (Å²) in [5.74, 6) is 3.04. The van der Waals surface area contributed by atoms with E-state index in [1.807, 2.05) is 6.20 Å². The number of aryl methyl sites for hydroxylation is 1. The first-order valence-electron chi connectivity index (χ1n) is 7.92. The van der Waals surface area contributed by atoms with Crippen LogP contribution < -0.4 is 10.2 Å². The third kappa shape index (κ3) is 4.89. The summed E-state index contributed by atoms with van der Waals surface area (Å²) < 4.78 is 0.323. The molecule has 0 radical (unpaired) electrons. The summed E-state index contributed by atoms with van der Waals surface area (Å²) in [5.41, 5.74) is 2.57. The van der Waals surface area contributed by atoms with Crippen LogP contribution >= 0.6 is 11.8 Å². The van der Waals surface area contributed by atoms with Gasteiger partial charge in [-0.2, -0.15) is 11.8 Å². The molecule has 1 fully saturated rings. The summed E-state index contributed by atoms with van der Waals surface area (Å²) in [7, 11) is 0. The minimum atomic E-state index is 0.323. The van der Waals surface area contributed by atoms with Crippen molar-refractivity contribution in [2.75, 3.05) is 30.3 Å². The summed E-state index contributed by atoms with van der Waals surface area (Å²) in [5, 5.41) is 3.48. The molecule has 0 aliphatic carbocycles. The van der Waals surface area contributed by atoms with Gasteiger partial charge in [0.05, 0.1) is 0 Å². The SMILES string of the molecule is Cc1cc(CNCC(C)C)cnc1N1CCSC(C)(C)C1. The molecular weight excluding hydrogens is 278 g/mol. The van der Waals surface area contributed by atoms with Gasteiger partial charge < -0.3 is 10.2 Å².